The van der Waals surface area contributed by atoms with E-state index in [0.717, 1.165) is 37.4 Å². The summed E-state index contributed by atoms with van der Waals surface area (Å²) in [5, 5.41) is 11.5. The molecule has 0 aromatic rings. The minimum Gasteiger partial charge on any atom is -0.480 e. The van der Waals surface area contributed by atoms with Crippen LogP contribution in [-0.2, 0) is 4.79 Å². The number of amides is 2. The highest BCUT2D eigenvalue weighted by molar-refractivity contribution is 5.80. The number of nitrogens with zero attached hydrogens (tertiary/aromatic N) is 2. The maximum absolute atomic E-state index is 11.9. The largest absolute Gasteiger partial charge is 0.480 e. The third-order valence-electron chi connectivity index (χ3n) is 3.59. The molecule has 0 bridgehead atoms. The van der Waals surface area contributed by atoms with Crippen LogP contribution in [0.5, 0.6) is 0 Å². The first-order chi connectivity index (χ1) is 9.56. The summed E-state index contributed by atoms with van der Waals surface area (Å²) in [7, 11) is 0. The molecule has 1 heterocycles. The molecular weight excluding hydrogens is 258 g/mol. The summed E-state index contributed by atoms with van der Waals surface area (Å²) in [5.41, 5.74) is 0. The molecule has 2 amide bonds. The second kappa shape index (κ2) is 8.43. The van der Waals surface area contributed by atoms with Gasteiger partial charge in [0.1, 0.15) is 6.54 Å². The number of rotatable bonds is 6. The van der Waals surface area contributed by atoms with E-state index in [-0.39, 0.29) is 13.1 Å². The van der Waals surface area contributed by atoms with Crippen molar-refractivity contribution in [2.45, 2.75) is 19.8 Å². The number of carboxylic acids is 1. The summed E-state index contributed by atoms with van der Waals surface area (Å²) in [5.74, 6) is 1.69. The second-order valence-corrected chi connectivity index (χ2v) is 5.02. The van der Waals surface area contributed by atoms with E-state index < -0.39 is 12.0 Å². The first-order valence-corrected chi connectivity index (χ1v) is 6.97. The zero-order valence-corrected chi connectivity index (χ0v) is 12.0. The summed E-state index contributed by atoms with van der Waals surface area (Å²) < 4.78 is 0. The normalized spacial score (nSPS) is 16.4. The van der Waals surface area contributed by atoms with E-state index in [1.165, 1.54) is 0 Å². The summed E-state index contributed by atoms with van der Waals surface area (Å²) in [6.07, 6.45) is 7.26. The Bertz CT molecular complexity index is 370. The molecule has 0 radical (unpaired) electrons. The van der Waals surface area contributed by atoms with Crippen LogP contribution in [-0.4, -0.2) is 66.2 Å². The number of terminal acetylenes is 1. The van der Waals surface area contributed by atoms with Crippen molar-refractivity contribution in [1.29, 1.82) is 0 Å². The van der Waals surface area contributed by atoms with Crippen LogP contribution >= 0.6 is 0 Å². The number of carbonyl (C=O) groups is 2. The Hall–Kier alpha value is -1.74. The van der Waals surface area contributed by atoms with E-state index in [1.807, 2.05) is 0 Å². The molecule has 1 saturated heterocycles. The van der Waals surface area contributed by atoms with Crippen LogP contribution in [0.3, 0.4) is 0 Å². The Morgan fingerprint density at radius 2 is 2.10 bits per heavy atom. The highest BCUT2D eigenvalue weighted by Crippen LogP contribution is 2.15. The van der Waals surface area contributed by atoms with Crippen molar-refractivity contribution in [1.82, 2.24) is 15.1 Å². The van der Waals surface area contributed by atoms with Crippen molar-refractivity contribution in [3.63, 3.8) is 0 Å². The van der Waals surface area contributed by atoms with Gasteiger partial charge in [-0.15, -0.1) is 6.42 Å². The average Bonchev–Trinajstić information content (AvgIpc) is 2.44. The SMILES string of the molecule is C#CCN(CC(=O)O)C(=O)NCC1CCN(CC)CC1. The van der Waals surface area contributed by atoms with Crippen LogP contribution in [0.2, 0.25) is 0 Å². The molecule has 1 aliphatic rings. The van der Waals surface area contributed by atoms with Gasteiger partial charge in [0.05, 0.1) is 6.54 Å². The van der Waals surface area contributed by atoms with Crippen LogP contribution in [0.25, 0.3) is 0 Å². The highest BCUT2D eigenvalue weighted by Gasteiger charge is 2.20. The molecule has 1 fully saturated rings. The molecule has 1 rings (SSSR count). The van der Waals surface area contributed by atoms with Gasteiger partial charge in [0.15, 0.2) is 0 Å². The van der Waals surface area contributed by atoms with Gasteiger partial charge in [-0.05, 0) is 38.4 Å². The van der Waals surface area contributed by atoms with Crippen molar-refractivity contribution < 1.29 is 14.7 Å². The molecule has 0 aromatic carbocycles. The quantitative estimate of drug-likeness (QED) is 0.693. The average molecular weight is 281 g/mol. The number of carbonyl (C=O) groups excluding carboxylic acids is 1. The fourth-order valence-corrected chi connectivity index (χ4v) is 2.32. The van der Waals surface area contributed by atoms with Gasteiger partial charge in [-0.25, -0.2) is 4.79 Å². The van der Waals surface area contributed by atoms with Gasteiger partial charge < -0.3 is 20.2 Å². The summed E-state index contributed by atoms with van der Waals surface area (Å²) in [6.45, 7) is 5.54. The molecular formula is C14H23N3O3. The molecule has 6 heteroatoms. The van der Waals surface area contributed by atoms with E-state index in [9.17, 15) is 9.59 Å². The van der Waals surface area contributed by atoms with Gasteiger partial charge in [0.2, 0.25) is 0 Å². The molecule has 112 valence electrons. The molecule has 2 N–H and O–H groups in total. The molecule has 6 nitrogen and oxygen atoms in total. The third kappa shape index (κ3) is 5.49. The topological polar surface area (TPSA) is 72.9 Å². The third-order valence-corrected chi connectivity index (χ3v) is 3.59. The van der Waals surface area contributed by atoms with Crippen LogP contribution in [0, 0.1) is 18.3 Å². The number of hydrogen-bond donors (Lipinski definition) is 2. The van der Waals surface area contributed by atoms with Crippen LogP contribution < -0.4 is 5.32 Å². The van der Waals surface area contributed by atoms with Gasteiger partial charge in [-0.1, -0.05) is 12.8 Å². The van der Waals surface area contributed by atoms with Gasteiger partial charge in [0, 0.05) is 6.54 Å². The number of urea groups is 1. The van der Waals surface area contributed by atoms with Gasteiger partial charge in [-0.3, -0.25) is 4.79 Å². The number of likely N-dealkylation sites (tertiary alicyclic amines) is 1. The molecule has 0 saturated carbocycles. The minimum atomic E-state index is -1.06. The number of nitrogens with one attached hydrogen (secondary N) is 1. The lowest BCUT2D eigenvalue weighted by Gasteiger charge is -2.31. The van der Waals surface area contributed by atoms with Crippen molar-refractivity contribution >= 4 is 12.0 Å². The summed E-state index contributed by atoms with van der Waals surface area (Å²) >= 11 is 0. The van der Waals surface area contributed by atoms with Crippen LogP contribution in [0.1, 0.15) is 19.8 Å². The zero-order chi connectivity index (χ0) is 15.0. The van der Waals surface area contributed by atoms with E-state index in [0.29, 0.717) is 12.5 Å². The number of aliphatic carboxylic acids is 1. The minimum absolute atomic E-state index is 0.00636. The number of piperidine rings is 1. The molecule has 1 aliphatic heterocycles. The molecule has 0 aromatic heterocycles. The predicted octanol–water partition coefficient (Wildman–Crippen LogP) is 0.448. The number of hydrogen-bond acceptors (Lipinski definition) is 3. The first-order valence-electron chi connectivity index (χ1n) is 6.97. The lowest BCUT2D eigenvalue weighted by Crippen LogP contribution is -2.45. The van der Waals surface area contributed by atoms with E-state index in [1.54, 1.807) is 0 Å². The van der Waals surface area contributed by atoms with E-state index in [4.69, 9.17) is 11.5 Å². The standard InChI is InChI=1S/C14H23N3O3/c1-3-7-17(11-13(18)19)14(20)15-10-12-5-8-16(4-2)9-6-12/h1,12H,4-11H2,2H3,(H,15,20)(H,18,19). The monoisotopic (exact) mass is 281 g/mol. The van der Waals surface area contributed by atoms with Crippen LogP contribution in [0.15, 0.2) is 0 Å². The Morgan fingerprint density at radius 1 is 1.45 bits per heavy atom. The number of carboxylic acid groups (broad SMARTS) is 1. The fourth-order valence-electron chi connectivity index (χ4n) is 2.32. The molecule has 0 spiro atoms. The van der Waals surface area contributed by atoms with Crippen molar-refractivity contribution in [3.8, 4) is 12.3 Å². The van der Waals surface area contributed by atoms with Gasteiger partial charge >= 0.3 is 12.0 Å². The van der Waals surface area contributed by atoms with Crippen LogP contribution in [0.4, 0.5) is 4.79 Å². The Kier molecular flexibility index (Phi) is 6.88. The van der Waals surface area contributed by atoms with Crippen molar-refractivity contribution in [3.05, 3.63) is 0 Å². The smallest absolute Gasteiger partial charge is 0.323 e. The lowest BCUT2D eigenvalue weighted by molar-refractivity contribution is -0.137. The summed E-state index contributed by atoms with van der Waals surface area (Å²) in [6, 6.07) is -0.400. The van der Waals surface area contributed by atoms with E-state index in [2.05, 4.69) is 23.1 Å². The molecule has 0 atom stereocenters. The summed E-state index contributed by atoms with van der Waals surface area (Å²) in [4.78, 5) is 26.1. The Balaban J connectivity index is 2.34. The second-order valence-electron chi connectivity index (χ2n) is 5.02. The first kappa shape index (κ1) is 16.3. The fraction of sp³-hybridized carbons (Fsp3) is 0.714. The maximum Gasteiger partial charge on any atom is 0.323 e. The maximum atomic E-state index is 11.9. The zero-order valence-electron chi connectivity index (χ0n) is 12.0. The lowest BCUT2D eigenvalue weighted by atomic mass is 9.97. The van der Waals surface area contributed by atoms with Crippen molar-refractivity contribution in [2.75, 3.05) is 39.3 Å². The Labute approximate surface area is 120 Å². The van der Waals surface area contributed by atoms with Crippen molar-refractivity contribution in [2.24, 2.45) is 5.92 Å². The van der Waals surface area contributed by atoms with Gasteiger partial charge in [-0.2, -0.15) is 0 Å². The Morgan fingerprint density at radius 3 is 2.60 bits per heavy atom. The molecule has 0 unspecified atom stereocenters. The molecule has 20 heavy (non-hydrogen) atoms. The predicted molar refractivity (Wildman–Crippen MR) is 76.3 cm³/mol. The van der Waals surface area contributed by atoms with E-state index >= 15 is 0 Å². The van der Waals surface area contributed by atoms with Gasteiger partial charge in [0.25, 0.3) is 0 Å². The molecule has 0 aliphatic carbocycles. The highest BCUT2D eigenvalue weighted by atomic mass is 16.4.